The molecule has 0 radical (unpaired) electrons. The molecule has 0 aliphatic carbocycles. The molecule has 0 bridgehead atoms. The van der Waals surface area contributed by atoms with Crippen LogP contribution in [-0.2, 0) is 20.6 Å². The van der Waals surface area contributed by atoms with E-state index in [4.69, 9.17) is 0 Å². The molecule has 1 heterocycles. The van der Waals surface area contributed by atoms with Crippen LogP contribution in [0.3, 0.4) is 0 Å². The first-order valence-corrected chi connectivity index (χ1v) is 6.67. The molecule has 6 heteroatoms. The molecule has 0 aliphatic heterocycles. The van der Waals surface area contributed by atoms with E-state index in [9.17, 15) is 9.59 Å². The summed E-state index contributed by atoms with van der Waals surface area (Å²) in [5, 5.41) is 3.24. The van der Waals surface area contributed by atoms with E-state index in [2.05, 4.69) is 5.32 Å². The minimum atomic E-state index is -0.318. The van der Waals surface area contributed by atoms with Crippen LogP contribution < -0.4 is 21.5 Å². The Balaban J connectivity index is 2.23. The molecule has 1 aromatic carbocycles. The maximum atomic E-state index is 11.9. The minimum Gasteiger partial charge on any atom is -0.379 e. The van der Waals surface area contributed by atoms with Crippen LogP contribution in [0.4, 0.5) is 11.4 Å². The highest BCUT2D eigenvalue weighted by Gasteiger charge is 2.06. The second kappa shape index (κ2) is 5.87. The Hall–Kier alpha value is -2.50. The van der Waals surface area contributed by atoms with Crippen LogP contribution >= 0.6 is 0 Å². The van der Waals surface area contributed by atoms with Crippen molar-refractivity contribution >= 4 is 11.4 Å². The van der Waals surface area contributed by atoms with Gasteiger partial charge in [0.2, 0.25) is 0 Å². The first kappa shape index (κ1) is 14.9. The van der Waals surface area contributed by atoms with Crippen molar-refractivity contribution in [1.29, 1.82) is 0 Å². The summed E-state index contributed by atoms with van der Waals surface area (Å²) < 4.78 is 2.57. The largest absolute Gasteiger partial charge is 0.379 e. The van der Waals surface area contributed by atoms with Gasteiger partial charge in [0.1, 0.15) is 0 Å². The zero-order valence-corrected chi connectivity index (χ0v) is 12.8. The van der Waals surface area contributed by atoms with Crippen molar-refractivity contribution in [3.63, 3.8) is 0 Å². The van der Waals surface area contributed by atoms with E-state index in [-0.39, 0.29) is 11.2 Å². The molecule has 21 heavy (non-hydrogen) atoms. The summed E-state index contributed by atoms with van der Waals surface area (Å²) in [7, 11) is 7.09. The van der Waals surface area contributed by atoms with Gasteiger partial charge in [0.15, 0.2) is 0 Å². The molecule has 0 aliphatic rings. The smallest absolute Gasteiger partial charge is 0.330 e. The van der Waals surface area contributed by atoms with Crippen molar-refractivity contribution in [2.45, 2.75) is 6.54 Å². The van der Waals surface area contributed by atoms with Gasteiger partial charge in [-0.25, -0.2) is 4.79 Å². The number of anilines is 2. The van der Waals surface area contributed by atoms with E-state index >= 15 is 0 Å². The Kier molecular flexibility index (Phi) is 4.16. The number of hydrogen-bond donors (Lipinski definition) is 1. The summed E-state index contributed by atoms with van der Waals surface area (Å²) in [4.78, 5) is 25.6. The predicted molar refractivity (Wildman–Crippen MR) is 85.0 cm³/mol. The minimum absolute atomic E-state index is 0.294. The summed E-state index contributed by atoms with van der Waals surface area (Å²) >= 11 is 0. The van der Waals surface area contributed by atoms with Crippen LogP contribution in [0.1, 0.15) is 5.69 Å². The average molecular weight is 288 g/mol. The Labute approximate surface area is 123 Å². The predicted octanol–water partition coefficient (Wildman–Crippen LogP) is 0.762. The highest BCUT2D eigenvalue weighted by atomic mass is 16.2. The topological polar surface area (TPSA) is 59.3 Å². The molecule has 0 fully saturated rings. The summed E-state index contributed by atoms with van der Waals surface area (Å²) in [6.45, 7) is 0.415. The van der Waals surface area contributed by atoms with Crippen molar-refractivity contribution in [2.75, 3.05) is 24.3 Å². The summed E-state index contributed by atoms with van der Waals surface area (Å²) in [5.74, 6) is 0. The summed E-state index contributed by atoms with van der Waals surface area (Å²) in [5.41, 5.74) is 2.06. The lowest BCUT2D eigenvalue weighted by Gasteiger charge is -2.15. The third-order valence-electron chi connectivity index (χ3n) is 3.46. The molecule has 6 nitrogen and oxygen atoms in total. The summed E-state index contributed by atoms with van der Waals surface area (Å²) in [6.07, 6.45) is 0. The molecule has 0 saturated heterocycles. The van der Waals surface area contributed by atoms with E-state index in [1.54, 1.807) is 7.05 Å². The Morgan fingerprint density at radius 1 is 1.10 bits per heavy atom. The fraction of sp³-hybridized carbons (Fsp3) is 0.333. The third-order valence-corrected chi connectivity index (χ3v) is 3.46. The van der Waals surface area contributed by atoms with Gasteiger partial charge in [-0.3, -0.25) is 13.9 Å². The molecule has 2 rings (SSSR count). The lowest BCUT2D eigenvalue weighted by atomic mass is 10.2. The van der Waals surface area contributed by atoms with Gasteiger partial charge in [0, 0.05) is 51.3 Å². The van der Waals surface area contributed by atoms with Crippen molar-refractivity contribution in [1.82, 2.24) is 9.13 Å². The number of hydrogen-bond acceptors (Lipinski definition) is 4. The van der Waals surface area contributed by atoms with Gasteiger partial charge in [0.05, 0.1) is 6.54 Å². The van der Waals surface area contributed by atoms with Gasteiger partial charge in [-0.2, -0.15) is 0 Å². The molecular weight excluding hydrogens is 268 g/mol. The number of rotatable bonds is 4. The normalized spacial score (nSPS) is 10.5. The molecule has 1 N–H and O–H groups in total. The summed E-state index contributed by atoms with van der Waals surface area (Å²) in [6, 6.07) is 9.41. The zero-order valence-electron chi connectivity index (χ0n) is 12.8. The van der Waals surface area contributed by atoms with Crippen LogP contribution in [-0.4, -0.2) is 23.2 Å². The highest BCUT2D eigenvalue weighted by Crippen LogP contribution is 2.17. The van der Waals surface area contributed by atoms with Crippen molar-refractivity contribution < 1.29 is 0 Å². The maximum Gasteiger partial charge on any atom is 0.330 e. The van der Waals surface area contributed by atoms with E-state index in [0.717, 1.165) is 15.9 Å². The van der Waals surface area contributed by atoms with Gasteiger partial charge in [-0.05, 0) is 18.2 Å². The lowest BCUT2D eigenvalue weighted by Crippen LogP contribution is -2.38. The highest BCUT2D eigenvalue weighted by molar-refractivity contribution is 5.57. The zero-order chi connectivity index (χ0) is 15.6. The quantitative estimate of drug-likeness (QED) is 0.902. The molecule has 112 valence electrons. The molecule has 0 saturated carbocycles. The van der Waals surface area contributed by atoms with Gasteiger partial charge in [-0.15, -0.1) is 0 Å². The first-order chi connectivity index (χ1) is 9.90. The standard InChI is InChI=1S/C15H20N4O2/c1-17(2)12-7-5-6-11(8-12)16-10-13-9-14(20)19(4)15(21)18(13)3/h5-9,16H,10H2,1-4H3. The molecule has 0 spiro atoms. The Morgan fingerprint density at radius 2 is 1.81 bits per heavy atom. The van der Waals surface area contributed by atoms with Crippen LogP contribution in [0, 0.1) is 0 Å². The number of aromatic nitrogens is 2. The second-order valence-electron chi connectivity index (χ2n) is 5.17. The fourth-order valence-electron chi connectivity index (χ4n) is 2.03. The van der Waals surface area contributed by atoms with Crippen LogP contribution in [0.5, 0.6) is 0 Å². The molecule has 0 amide bonds. The van der Waals surface area contributed by atoms with Crippen LogP contribution in [0.15, 0.2) is 39.9 Å². The number of nitrogens with one attached hydrogen (secondary N) is 1. The van der Waals surface area contributed by atoms with Gasteiger partial charge in [0.25, 0.3) is 5.56 Å². The molecule has 0 atom stereocenters. The molecule has 0 unspecified atom stereocenters. The van der Waals surface area contributed by atoms with E-state index in [0.29, 0.717) is 12.2 Å². The second-order valence-corrected chi connectivity index (χ2v) is 5.17. The SMILES string of the molecule is CN(C)c1cccc(NCc2cc(=O)n(C)c(=O)n2C)c1. The third kappa shape index (κ3) is 3.16. The maximum absolute atomic E-state index is 11.9. The monoisotopic (exact) mass is 288 g/mol. The van der Waals surface area contributed by atoms with Crippen LogP contribution in [0.2, 0.25) is 0 Å². The average Bonchev–Trinajstić information content (AvgIpc) is 2.47. The van der Waals surface area contributed by atoms with E-state index in [1.165, 1.54) is 17.7 Å². The Morgan fingerprint density at radius 3 is 2.48 bits per heavy atom. The van der Waals surface area contributed by atoms with Gasteiger partial charge in [-0.1, -0.05) is 6.07 Å². The van der Waals surface area contributed by atoms with Gasteiger partial charge >= 0.3 is 5.69 Å². The lowest BCUT2D eigenvalue weighted by molar-refractivity contribution is 0.655. The van der Waals surface area contributed by atoms with Gasteiger partial charge < -0.3 is 10.2 Å². The Bertz CT molecular complexity index is 759. The fourth-order valence-corrected chi connectivity index (χ4v) is 2.03. The molecule has 1 aromatic heterocycles. The van der Waals surface area contributed by atoms with Crippen molar-refractivity contribution in [3.8, 4) is 0 Å². The van der Waals surface area contributed by atoms with Crippen LogP contribution in [0.25, 0.3) is 0 Å². The molecular formula is C15H20N4O2. The first-order valence-electron chi connectivity index (χ1n) is 6.67. The number of benzene rings is 1. The number of nitrogens with zero attached hydrogens (tertiary/aromatic N) is 3. The van der Waals surface area contributed by atoms with E-state index in [1.807, 2.05) is 43.3 Å². The van der Waals surface area contributed by atoms with Crippen molar-refractivity contribution in [2.24, 2.45) is 14.1 Å². The van der Waals surface area contributed by atoms with Crippen molar-refractivity contribution in [3.05, 3.63) is 56.9 Å². The molecule has 2 aromatic rings. The van der Waals surface area contributed by atoms with E-state index < -0.39 is 0 Å².